The Morgan fingerprint density at radius 3 is 1.82 bits per heavy atom. The summed E-state index contributed by atoms with van der Waals surface area (Å²) in [5, 5.41) is 0. The molecule has 3 aliphatic heterocycles. The fourth-order valence-corrected chi connectivity index (χ4v) is 5.43. The van der Waals surface area contributed by atoms with Gasteiger partial charge in [-0.2, -0.15) is 11.8 Å². The van der Waals surface area contributed by atoms with Crippen LogP contribution in [0.2, 0.25) is 0 Å². The Balaban J connectivity index is 0.000000181. The summed E-state index contributed by atoms with van der Waals surface area (Å²) in [5.74, 6) is 4.08. The van der Waals surface area contributed by atoms with Crippen LogP contribution in [-0.4, -0.2) is 85.7 Å². The molecule has 0 spiro atoms. The highest BCUT2D eigenvalue weighted by Crippen LogP contribution is 2.37. The number of hydrogen-bond acceptors (Lipinski definition) is 9. The third-order valence-corrected chi connectivity index (χ3v) is 7.49. The zero-order valence-electron chi connectivity index (χ0n) is 22.7. The van der Waals surface area contributed by atoms with Crippen molar-refractivity contribution in [2.75, 3.05) is 75.6 Å². The molecular weight excluding hydrogens is 520 g/mol. The number of fused-ring (bicyclic) bond motifs is 2. The quantitative estimate of drug-likeness (QED) is 0.541. The van der Waals surface area contributed by atoms with E-state index in [1.54, 1.807) is 29.2 Å². The first kappa shape index (κ1) is 28.5. The Morgan fingerprint density at radius 1 is 0.795 bits per heavy atom. The van der Waals surface area contributed by atoms with E-state index in [0.717, 1.165) is 37.4 Å². The van der Waals surface area contributed by atoms with Crippen LogP contribution in [0.15, 0.2) is 24.3 Å². The summed E-state index contributed by atoms with van der Waals surface area (Å²) in [6, 6.07) is 6.79. The Morgan fingerprint density at radius 2 is 1.28 bits per heavy atom. The maximum Gasteiger partial charge on any atom is 0.257 e. The molecule has 0 saturated carbocycles. The number of nitrogen functional groups attached to an aromatic ring is 2. The fraction of sp³-hybridized carbons (Fsp3) is 0.500. The Hall–Kier alpha value is -3.47. The van der Waals surface area contributed by atoms with Gasteiger partial charge in [0.05, 0.1) is 37.6 Å². The highest BCUT2D eigenvalue weighted by molar-refractivity contribution is 7.99. The molecule has 2 amide bonds. The first-order chi connectivity index (χ1) is 18.9. The van der Waals surface area contributed by atoms with Crippen molar-refractivity contribution in [2.45, 2.75) is 26.7 Å². The van der Waals surface area contributed by atoms with Gasteiger partial charge in [-0.15, -0.1) is 0 Å². The molecule has 10 nitrogen and oxygen atoms in total. The Bertz CT molecular complexity index is 1170. The van der Waals surface area contributed by atoms with E-state index >= 15 is 0 Å². The number of hydrogen-bond donors (Lipinski definition) is 2. The van der Waals surface area contributed by atoms with Crippen molar-refractivity contribution in [2.24, 2.45) is 0 Å². The predicted molar refractivity (Wildman–Crippen MR) is 153 cm³/mol. The number of carbonyl (C=O) groups excluding carboxylic acids is 2. The van der Waals surface area contributed by atoms with Crippen LogP contribution in [0.5, 0.6) is 23.0 Å². The Labute approximate surface area is 233 Å². The average molecular weight is 559 g/mol. The molecule has 2 aromatic carbocycles. The lowest BCUT2D eigenvalue weighted by Crippen LogP contribution is -2.38. The normalized spacial score (nSPS) is 16.2. The smallest absolute Gasteiger partial charge is 0.257 e. The van der Waals surface area contributed by atoms with Crippen molar-refractivity contribution >= 4 is 35.0 Å². The second-order valence-electron chi connectivity index (χ2n) is 9.27. The number of anilines is 2. The molecule has 1 fully saturated rings. The van der Waals surface area contributed by atoms with Crippen LogP contribution in [0.25, 0.3) is 0 Å². The molecule has 0 bridgehead atoms. The molecule has 4 N–H and O–H groups in total. The summed E-state index contributed by atoms with van der Waals surface area (Å²) < 4.78 is 22.6. The van der Waals surface area contributed by atoms with Crippen LogP contribution in [-0.2, 0) is 0 Å². The van der Waals surface area contributed by atoms with Gasteiger partial charge in [-0.05, 0) is 26.0 Å². The molecule has 0 aromatic heterocycles. The second-order valence-corrected chi connectivity index (χ2v) is 10.5. The predicted octanol–water partition coefficient (Wildman–Crippen LogP) is 3.53. The lowest BCUT2D eigenvalue weighted by atomic mass is 10.1. The van der Waals surface area contributed by atoms with E-state index in [2.05, 4.69) is 0 Å². The molecule has 39 heavy (non-hydrogen) atoms. The highest BCUT2D eigenvalue weighted by atomic mass is 32.2. The molecule has 2 aromatic rings. The number of nitrogens with zero attached hydrogens (tertiary/aromatic N) is 2. The van der Waals surface area contributed by atoms with E-state index < -0.39 is 0 Å². The van der Waals surface area contributed by atoms with E-state index in [4.69, 9.17) is 30.4 Å². The monoisotopic (exact) mass is 558 g/mol. The van der Waals surface area contributed by atoms with Gasteiger partial charge >= 0.3 is 0 Å². The van der Waals surface area contributed by atoms with Crippen molar-refractivity contribution in [1.82, 2.24) is 9.80 Å². The van der Waals surface area contributed by atoms with Crippen molar-refractivity contribution in [3.05, 3.63) is 35.4 Å². The van der Waals surface area contributed by atoms with E-state index in [1.165, 1.54) is 0 Å². The molecule has 11 heteroatoms. The molecule has 0 aliphatic carbocycles. The topological polar surface area (TPSA) is 130 Å². The molecule has 0 atom stereocenters. The number of nitrogens with two attached hydrogens (primary N) is 2. The van der Waals surface area contributed by atoms with E-state index in [1.807, 2.05) is 30.5 Å². The Kier molecular flexibility index (Phi) is 9.91. The van der Waals surface area contributed by atoms with E-state index in [0.29, 0.717) is 85.0 Å². The molecular formula is C28H38N4O6S. The minimum Gasteiger partial charge on any atom is -0.489 e. The van der Waals surface area contributed by atoms with Gasteiger partial charge in [-0.3, -0.25) is 9.59 Å². The summed E-state index contributed by atoms with van der Waals surface area (Å²) in [4.78, 5) is 28.7. The summed E-state index contributed by atoms with van der Waals surface area (Å²) in [6.07, 6.45) is 1.61. The molecule has 3 heterocycles. The van der Waals surface area contributed by atoms with Crippen molar-refractivity contribution in [3.8, 4) is 23.0 Å². The largest absolute Gasteiger partial charge is 0.489 e. The van der Waals surface area contributed by atoms with Crippen LogP contribution in [0.4, 0.5) is 11.4 Å². The summed E-state index contributed by atoms with van der Waals surface area (Å²) in [7, 11) is 0. The first-order valence-electron chi connectivity index (χ1n) is 13.5. The number of thioether (sulfide) groups is 1. The maximum atomic E-state index is 12.7. The van der Waals surface area contributed by atoms with Gasteiger partial charge < -0.3 is 40.2 Å². The second kappa shape index (κ2) is 13.5. The molecule has 3 aliphatic rings. The summed E-state index contributed by atoms with van der Waals surface area (Å²) in [5.41, 5.74) is 13.8. The van der Waals surface area contributed by atoms with Gasteiger partial charge in [0.25, 0.3) is 11.8 Å². The molecule has 0 unspecified atom stereocenters. The van der Waals surface area contributed by atoms with E-state index in [9.17, 15) is 9.59 Å². The minimum absolute atomic E-state index is 0.0145. The zero-order valence-corrected chi connectivity index (χ0v) is 23.5. The molecule has 1 saturated heterocycles. The van der Waals surface area contributed by atoms with Gasteiger partial charge in [0.15, 0.2) is 23.0 Å². The van der Waals surface area contributed by atoms with Gasteiger partial charge in [0, 0.05) is 74.0 Å². The van der Waals surface area contributed by atoms with E-state index in [-0.39, 0.29) is 11.8 Å². The summed E-state index contributed by atoms with van der Waals surface area (Å²) >= 11 is 1.87. The molecule has 0 radical (unpaired) electrons. The molecule has 5 rings (SSSR count). The van der Waals surface area contributed by atoms with Gasteiger partial charge in [0.2, 0.25) is 0 Å². The standard InChI is InChI=1S/C14H18N2O3S.C14H20N2O3/c15-10-8-11(14(17)16-2-6-20-7-3-16)13-12(9-10)18-4-1-5-19-13;1-3-16(4-2)14(17)11-8-10(15)9-12-13(11)19-7-5-6-18-12/h8-9H,1-7,15H2;8-9H,3-7,15H2,1-2H3. The number of carbonyl (C=O) groups is 2. The third kappa shape index (κ3) is 6.95. The molecule has 212 valence electrons. The van der Waals surface area contributed by atoms with Crippen LogP contribution in [0.1, 0.15) is 47.4 Å². The van der Waals surface area contributed by atoms with Crippen LogP contribution >= 0.6 is 11.8 Å². The SMILES string of the molecule is CCN(CC)C(=O)c1cc(N)cc2c1OCCCO2.Nc1cc2c(c(C(=O)N3CCSCC3)c1)OCCCO2. The van der Waals surface area contributed by atoms with Crippen LogP contribution in [0.3, 0.4) is 0 Å². The van der Waals surface area contributed by atoms with Crippen molar-refractivity contribution in [3.63, 3.8) is 0 Å². The first-order valence-corrected chi connectivity index (χ1v) is 14.6. The van der Waals surface area contributed by atoms with Gasteiger partial charge in [-0.25, -0.2) is 0 Å². The van der Waals surface area contributed by atoms with Gasteiger partial charge in [0.1, 0.15) is 0 Å². The number of benzene rings is 2. The number of ether oxygens (including phenoxy) is 4. The lowest BCUT2D eigenvalue weighted by Gasteiger charge is -2.27. The number of amides is 2. The van der Waals surface area contributed by atoms with Crippen molar-refractivity contribution < 1.29 is 28.5 Å². The van der Waals surface area contributed by atoms with Crippen molar-refractivity contribution in [1.29, 1.82) is 0 Å². The van der Waals surface area contributed by atoms with Crippen LogP contribution < -0.4 is 30.4 Å². The summed E-state index contributed by atoms with van der Waals surface area (Å²) in [6.45, 7) is 9.02. The maximum absolute atomic E-state index is 12.7. The minimum atomic E-state index is -0.0703. The van der Waals surface area contributed by atoms with Crippen LogP contribution in [0, 0.1) is 0 Å². The number of rotatable bonds is 4. The van der Waals surface area contributed by atoms with Gasteiger partial charge in [-0.1, -0.05) is 0 Å². The lowest BCUT2D eigenvalue weighted by molar-refractivity contribution is 0.0760. The fourth-order valence-electron chi connectivity index (χ4n) is 4.53. The average Bonchev–Trinajstić information content (AvgIpc) is 3.33. The highest BCUT2D eigenvalue weighted by Gasteiger charge is 2.26. The zero-order chi connectivity index (χ0) is 27.8. The third-order valence-electron chi connectivity index (χ3n) is 6.55.